The van der Waals surface area contributed by atoms with E-state index in [2.05, 4.69) is 5.32 Å². The molecule has 0 radical (unpaired) electrons. The molecule has 2 unspecified atom stereocenters. The summed E-state index contributed by atoms with van der Waals surface area (Å²) < 4.78 is 10.8. The van der Waals surface area contributed by atoms with Crippen molar-refractivity contribution in [1.82, 2.24) is 0 Å². The van der Waals surface area contributed by atoms with E-state index in [1.165, 1.54) is 7.11 Å². The molecule has 1 N–H and O–H groups in total. The number of hydrogen-bond donors (Lipinski definition) is 1. The van der Waals surface area contributed by atoms with Gasteiger partial charge in [-0.25, -0.2) is 4.79 Å². The van der Waals surface area contributed by atoms with Gasteiger partial charge in [0.25, 0.3) is 5.91 Å². The second-order valence-electron chi connectivity index (χ2n) is 9.09. The summed E-state index contributed by atoms with van der Waals surface area (Å²) in [6.45, 7) is 6.41. The molecule has 1 heterocycles. The first-order chi connectivity index (χ1) is 16.4. The van der Waals surface area contributed by atoms with Gasteiger partial charge in [0.1, 0.15) is 12.5 Å². The molecule has 8 heteroatoms. The van der Waals surface area contributed by atoms with Crippen LogP contribution in [0, 0.1) is 12.8 Å². The lowest BCUT2D eigenvalue weighted by molar-refractivity contribution is -0.940. The van der Waals surface area contributed by atoms with Gasteiger partial charge in [0, 0.05) is 5.56 Å². The van der Waals surface area contributed by atoms with Crippen molar-refractivity contribution in [2.24, 2.45) is 5.92 Å². The third kappa shape index (κ3) is 7.64. The average Bonchev–Trinajstić information content (AvgIpc) is 2.83. The van der Waals surface area contributed by atoms with Crippen molar-refractivity contribution in [3.05, 3.63) is 65.2 Å². The molecule has 7 nitrogen and oxygen atoms in total. The molecule has 1 amide bonds. The van der Waals surface area contributed by atoms with Crippen molar-refractivity contribution in [1.29, 1.82) is 0 Å². The van der Waals surface area contributed by atoms with E-state index < -0.39 is 5.97 Å². The molecule has 0 aromatic heterocycles. The number of halogens is 1. The van der Waals surface area contributed by atoms with E-state index in [1.807, 2.05) is 50.2 Å². The predicted molar refractivity (Wildman–Crippen MR) is 140 cm³/mol. The summed E-state index contributed by atoms with van der Waals surface area (Å²) in [6.07, 6.45) is 2.39. The van der Waals surface area contributed by atoms with E-state index in [9.17, 15) is 14.4 Å². The number of esters is 2. The first kappa shape index (κ1) is 28.5. The molecule has 2 atom stereocenters. The minimum atomic E-state index is -0.496. The number of quaternary nitrogens is 1. The van der Waals surface area contributed by atoms with E-state index >= 15 is 0 Å². The van der Waals surface area contributed by atoms with Crippen LogP contribution in [0.5, 0.6) is 0 Å². The summed E-state index contributed by atoms with van der Waals surface area (Å²) in [4.78, 5) is 38.3. The molecule has 1 fully saturated rings. The van der Waals surface area contributed by atoms with Gasteiger partial charge < -0.3 is 19.3 Å². The summed E-state index contributed by atoms with van der Waals surface area (Å²) >= 11 is 0. The van der Waals surface area contributed by atoms with Gasteiger partial charge in [-0.05, 0) is 37.8 Å². The molecule has 0 saturated carbocycles. The fourth-order valence-electron chi connectivity index (χ4n) is 4.75. The Balaban J connectivity index is 0.00000432. The Kier molecular flexibility index (Phi) is 10.9. The Hall–Kier alpha value is -2.71. The molecule has 0 spiro atoms. The van der Waals surface area contributed by atoms with Crippen LogP contribution in [-0.4, -0.2) is 55.7 Å². The number of benzene rings is 2. The lowest BCUT2D eigenvalue weighted by Crippen LogP contribution is -2.58. The first-order valence-electron chi connectivity index (χ1n) is 11.9. The molecule has 0 aliphatic carbocycles. The number of carbonyl (C=O) groups is 3. The first-order valence-corrected chi connectivity index (χ1v) is 11.9. The molecule has 190 valence electrons. The molecular formula is C27H36BrN2O5+. The third-order valence-corrected chi connectivity index (χ3v) is 6.36. The highest BCUT2D eigenvalue weighted by Gasteiger charge is 2.40. The number of hydrogen-bond acceptors (Lipinski definition) is 5. The van der Waals surface area contributed by atoms with E-state index in [-0.39, 0.29) is 41.3 Å². The van der Waals surface area contributed by atoms with Gasteiger partial charge >= 0.3 is 11.9 Å². The Morgan fingerprint density at radius 3 is 2.51 bits per heavy atom. The van der Waals surface area contributed by atoms with E-state index in [0.29, 0.717) is 35.4 Å². The van der Waals surface area contributed by atoms with Crippen molar-refractivity contribution in [2.75, 3.05) is 38.7 Å². The number of amides is 1. The van der Waals surface area contributed by atoms with Crippen molar-refractivity contribution in [2.45, 2.75) is 39.7 Å². The van der Waals surface area contributed by atoms with Crippen molar-refractivity contribution in [3.8, 4) is 0 Å². The van der Waals surface area contributed by atoms with Gasteiger partial charge in [0.15, 0.2) is 6.54 Å². The van der Waals surface area contributed by atoms with Crippen LogP contribution >= 0.6 is 17.0 Å². The molecule has 1 aliphatic rings. The predicted octanol–water partition coefficient (Wildman–Crippen LogP) is 4.68. The van der Waals surface area contributed by atoms with Gasteiger partial charge in [-0.15, -0.1) is 17.0 Å². The normalized spacial score (nSPS) is 19.2. The summed E-state index contributed by atoms with van der Waals surface area (Å²) in [5, 5.41) is 2.96. The number of likely N-dealkylation sites (tertiary alicyclic amines) is 1. The number of rotatable bonds is 9. The van der Waals surface area contributed by atoms with Crippen LogP contribution in [0.15, 0.2) is 48.5 Å². The fraction of sp³-hybridized carbons (Fsp3) is 0.444. The monoisotopic (exact) mass is 547 g/mol. The molecule has 0 bridgehead atoms. The van der Waals surface area contributed by atoms with Gasteiger partial charge in [-0.1, -0.05) is 49.4 Å². The zero-order valence-electron chi connectivity index (χ0n) is 20.7. The summed E-state index contributed by atoms with van der Waals surface area (Å²) in [7, 11) is 1.32. The summed E-state index contributed by atoms with van der Waals surface area (Å²) in [6, 6.07) is 15.3. The molecule has 3 rings (SSSR count). The van der Waals surface area contributed by atoms with Crippen LogP contribution in [0.4, 0.5) is 5.69 Å². The second kappa shape index (κ2) is 13.4. The summed E-state index contributed by atoms with van der Waals surface area (Å²) in [5.74, 6) is -1.10. The number of aryl methyl sites for hydroxylation is 1. The van der Waals surface area contributed by atoms with E-state index in [4.69, 9.17) is 9.47 Å². The van der Waals surface area contributed by atoms with Crippen molar-refractivity contribution < 1.29 is 28.3 Å². The highest BCUT2D eigenvalue weighted by molar-refractivity contribution is 8.93. The minimum Gasteiger partial charge on any atom is -0.465 e. The Morgan fingerprint density at radius 2 is 1.83 bits per heavy atom. The average molecular weight is 548 g/mol. The molecule has 2 aromatic carbocycles. The second-order valence-corrected chi connectivity index (χ2v) is 9.09. The Labute approximate surface area is 218 Å². The Morgan fingerprint density at radius 1 is 1.09 bits per heavy atom. The number of piperidine rings is 1. The van der Waals surface area contributed by atoms with E-state index in [1.54, 1.807) is 12.1 Å². The minimum absolute atomic E-state index is 0. The van der Waals surface area contributed by atoms with Crippen LogP contribution in [-0.2, 0) is 25.6 Å². The fourth-order valence-corrected chi connectivity index (χ4v) is 4.75. The molecule has 1 aliphatic heterocycles. The van der Waals surface area contributed by atoms with Gasteiger partial charge in [-0.3, -0.25) is 9.59 Å². The van der Waals surface area contributed by atoms with Crippen molar-refractivity contribution in [3.63, 3.8) is 0 Å². The Bertz CT molecular complexity index is 1010. The highest BCUT2D eigenvalue weighted by Crippen LogP contribution is 2.28. The number of nitrogens with zero attached hydrogens (tertiary/aromatic N) is 1. The standard InChI is InChI=1S/C27H34N2O5.BrH/c1-4-16-34-26(31)22-13-9-15-29(18-22,17-21-11-6-5-7-12-21)19-24(30)28-25-20(2)10-8-14-23(25)27(32)33-3;/h5-8,10-12,14,22H,4,9,13,15-19H2,1-3H3;1H/p+1. The molecule has 1 saturated heterocycles. The summed E-state index contributed by atoms with van der Waals surface area (Å²) in [5.41, 5.74) is 2.69. The highest BCUT2D eigenvalue weighted by atomic mass is 79.9. The topological polar surface area (TPSA) is 81.7 Å². The van der Waals surface area contributed by atoms with Crippen LogP contribution < -0.4 is 5.32 Å². The number of nitrogens with one attached hydrogen (secondary N) is 1. The number of carbonyl (C=O) groups excluding carboxylic acids is 3. The van der Waals surface area contributed by atoms with Crippen molar-refractivity contribution >= 4 is 40.5 Å². The number of anilines is 1. The third-order valence-electron chi connectivity index (χ3n) is 6.36. The SMILES string of the molecule is Br.CCCOC(=O)C1CCC[N+](CC(=O)Nc2c(C)cccc2C(=O)OC)(Cc2ccccc2)C1. The lowest BCUT2D eigenvalue weighted by Gasteiger charge is -2.43. The largest absolute Gasteiger partial charge is 0.465 e. The number of methoxy groups -OCH3 is 1. The maximum Gasteiger partial charge on any atom is 0.339 e. The number of para-hydroxylation sites is 1. The smallest absolute Gasteiger partial charge is 0.339 e. The zero-order chi connectivity index (χ0) is 24.6. The molecular weight excluding hydrogens is 512 g/mol. The molecule has 35 heavy (non-hydrogen) atoms. The van der Waals surface area contributed by atoms with Crippen LogP contribution in [0.1, 0.15) is 47.7 Å². The van der Waals surface area contributed by atoms with Crippen LogP contribution in [0.2, 0.25) is 0 Å². The zero-order valence-corrected chi connectivity index (χ0v) is 22.5. The van der Waals surface area contributed by atoms with Gasteiger partial charge in [-0.2, -0.15) is 0 Å². The van der Waals surface area contributed by atoms with Crippen LogP contribution in [0.3, 0.4) is 0 Å². The quantitative estimate of drug-likeness (QED) is 0.364. The maximum atomic E-state index is 13.3. The van der Waals surface area contributed by atoms with Crippen LogP contribution in [0.25, 0.3) is 0 Å². The maximum absolute atomic E-state index is 13.3. The van der Waals surface area contributed by atoms with Gasteiger partial charge in [0.2, 0.25) is 0 Å². The molecule has 2 aromatic rings. The van der Waals surface area contributed by atoms with E-state index in [0.717, 1.165) is 36.9 Å². The lowest BCUT2D eigenvalue weighted by atomic mass is 9.94. The van der Waals surface area contributed by atoms with Gasteiger partial charge in [0.05, 0.1) is 38.1 Å². The number of ether oxygens (including phenoxy) is 2.